The number of ether oxygens (including phenoxy) is 1. The van der Waals surface area contributed by atoms with Crippen LogP contribution in [0.25, 0.3) is 0 Å². The first-order valence-corrected chi connectivity index (χ1v) is 6.07. The van der Waals surface area contributed by atoms with Gasteiger partial charge in [-0.1, -0.05) is 0 Å². The summed E-state index contributed by atoms with van der Waals surface area (Å²) in [5.74, 6) is -0.117. The highest BCUT2D eigenvalue weighted by atomic mass is 16.6. The average Bonchev–Trinajstić information content (AvgIpc) is 2.37. The van der Waals surface area contributed by atoms with Crippen molar-refractivity contribution in [2.45, 2.75) is 63.8 Å². The van der Waals surface area contributed by atoms with Crippen molar-refractivity contribution in [3.8, 4) is 0 Å². The molecule has 2 fully saturated rings. The van der Waals surface area contributed by atoms with E-state index in [0.29, 0.717) is 12.5 Å². The molecule has 3 unspecified atom stereocenters. The molecule has 0 aromatic carbocycles. The minimum absolute atomic E-state index is 0.0297. The monoisotopic (exact) mass is 226 g/mol. The second kappa shape index (κ2) is 3.70. The van der Waals surface area contributed by atoms with E-state index >= 15 is 0 Å². The van der Waals surface area contributed by atoms with Gasteiger partial charge in [0.2, 0.25) is 0 Å². The predicted molar refractivity (Wildman–Crippen MR) is 61.6 cm³/mol. The van der Waals surface area contributed by atoms with Gasteiger partial charge in [0.05, 0.1) is 11.6 Å². The molecule has 3 N–H and O–H groups in total. The summed E-state index contributed by atoms with van der Waals surface area (Å²) in [6.45, 7) is 5.70. The lowest BCUT2D eigenvalue weighted by Gasteiger charge is -2.36. The number of hydrogen-bond donors (Lipinski definition) is 2. The third-order valence-corrected chi connectivity index (χ3v) is 3.35. The van der Waals surface area contributed by atoms with Crippen molar-refractivity contribution in [1.82, 2.24) is 5.32 Å². The molecule has 0 aromatic heterocycles. The van der Waals surface area contributed by atoms with E-state index in [-0.39, 0.29) is 17.6 Å². The molecular formula is C12H22N2O2. The summed E-state index contributed by atoms with van der Waals surface area (Å²) in [7, 11) is 0. The van der Waals surface area contributed by atoms with Crippen molar-refractivity contribution in [3.05, 3.63) is 0 Å². The molecular weight excluding hydrogens is 204 g/mol. The number of nitrogens with two attached hydrogens (primary N) is 1. The Morgan fingerprint density at radius 2 is 2.19 bits per heavy atom. The molecule has 2 aliphatic rings. The summed E-state index contributed by atoms with van der Waals surface area (Å²) in [5.41, 5.74) is 5.44. The van der Waals surface area contributed by atoms with Gasteiger partial charge in [0.25, 0.3) is 0 Å². The van der Waals surface area contributed by atoms with E-state index < -0.39 is 5.60 Å². The highest BCUT2D eigenvalue weighted by Crippen LogP contribution is 2.36. The smallest absolute Gasteiger partial charge is 0.309 e. The van der Waals surface area contributed by atoms with Crippen LogP contribution in [-0.4, -0.2) is 23.3 Å². The topological polar surface area (TPSA) is 64.3 Å². The van der Waals surface area contributed by atoms with Crippen molar-refractivity contribution >= 4 is 5.97 Å². The van der Waals surface area contributed by atoms with Gasteiger partial charge in [0.1, 0.15) is 5.60 Å². The lowest BCUT2D eigenvalue weighted by Crippen LogP contribution is -2.57. The highest BCUT2D eigenvalue weighted by molar-refractivity contribution is 5.73. The first-order chi connectivity index (χ1) is 7.27. The van der Waals surface area contributed by atoms with Crippen LogP contribution in [0.15, 0.2) is 0 Å². The first-order valence-electron chi connectivity index (χ1n) is 6.07. The Morgan fingerprint density at radius 3 is 2.75 bits per heavy atom. The molecule has 3 atom stereocenters. The third-order valence-electron chi connectivity index (χ3n) is 3.35. The fourth-order valence-corrected chi connectivity index (χ4v) is 2.75. The van der Waals surface area contributed by atoms with Crippen LogP contribution in [0.1, 0.15) is 46.5 Å². The second-order valence-electron chi connectivity index (χ2n) is 6.21. The standard InChI is InChI=1S/C12H22N2O2/c1-11(2,3)16-10(15)8-6-9-4-5-12(13,7-8)14-9/h8-9,14H,4-7,13H2,1-3H3. The van der Waals surface area contributed by atoms with Crippen LogP contribution >= 0.6 is 0 Å². The number of esters is 1. The molecule has 16 heavy (non-hydrogen) atoms. The van der Waals surface area contributed by atoms with Crippen molar-refractivity contribution in [2.75, 3.05) is 0 Å². The Labute approximate surface area is 96.9 Å². The van der Waals surface area contributed by atoms with Crippen LogP contribution in [0.5, 0.6) is 0 Å². The zero-order valence-electron chi connectivity index (χ0n) is 10.4. The van der Waals surface area contributed by atoms with E-state index in [9.17, 15) is 4.79 Å². The largest absolute Gasteiger partial charge is 0.460 e. The minimum atomic E-state index is -0.400. The molecule has 4 heteroatoms. The van der Waals surface area contributed by atoms with Crippen LogP contribution in [0.4, 0.5) is 0 Å². The second-order valence-corrected chi connectivity index (χ2v) is 6.21. The molecule has 2 bridgehead atoms. The predicted octanol–water partition coefficient (Wildman–Crippen LogP) is 1.15. The number of piperidine rings is 1. The lowest BCUT2D eigenvalue weighted by atomic mass is 9.89. The lowest BCUT2D eigenvalue weighted by molar-refractivity contribution is -0.162. The number of carbonyl (C=O) groups is 1. The van der Waals surface area contributed by atoms with Gasteiger partial charge in [0, 0.05) is 6.04 Å². The number of hydrogen-bond acceptors (Lipinski definition) is 4. The molecule has 0 spiro atoms. The van der Waals surface area contributed by atoms with Crippen molar-refractivity contribution in [1.29, 1.82) is 0 Å². The fourth-order valence-electron chi connectivity index (χ4n) is 2.75. The maximum atomic E-state index is 12.0. The Morgan fingerprint density at radius 1 is 1.50 bits per heavy atom. The fraction of sp³-hybridized carbons (Fsp3) is 0.917. The summed E-state index contributed by atoms with van der Waals surface area (Å²) in [6.07, 6.45) is 3.62. The Hall–Kier alpha value is -0.610. The molecule has 2 saturated heterocycles. The molecule has 2 aliphatic heterocycles. The van der Waals surface area contributed by atoms with Gasteiger partial charge in [0.15, 0.2) is 0 Å². The van der Waals surface area contributed by atoms with Crippen LogP contribution in [0.2, 0.25) is 0 Å². The maximum Gasteiger partial charge on any atom is 0.309 e. The van der Waals surface area contributed by atoms with Crippen LogP contribution in [-0.2, 0) is 9.53 Å². The number of carbonyl (C=O) groups excluding carboxylic acids is 1. The summed E-state index contributed by atoms with van der Waals surface area (Å²) >= 11 is 0. The number of rotatable bonds is 1. The average molecular weight is 226 g/mol. The third kappa shape index (κ3) is 2.55. The van der Waals surface area contributed by atoms with Gasteiger partial charge in [-0.2, -0.15) is 0 Å². The summed E-state index contributed by atoms with van der Waals surface area (Å²) in [6, 6.07) is 0.399. The van der Waals surface area contributed by atoms with Crippen molar-refractivity contribution < 1.29 is 9.53 Å². The van der Waals surface area contributed by atoms with Crippen molar-refractivity contribution in [2.24, 2.45) is 11.7 Å². The zero-order valence-corrected chi connectivity index (χ0v) is 10.4. The van der Waals surface area contributed by atoms with Gasteiger partial charge in [-0.05, 0) is 46.5 Å². The van der Waals surface area contributed by atoms with E-state index in [0.717, 1.165) is 19.3 Å². The maximum absolute atomic E-state index is 12.0. The van der Waals surface area contributed by atoms with Crippen LogP contribution in [0.3, 0.4) is 0 Å². The van der Waals surface area contributed by atoms with Gasteiger partial charge in [-0.3, -0.25) is 10.1 Å². The number of nitrogens with one attached hydrogen (secondary N) is 1. The van der Waals surface area contributed by atoms with E-state index in [1.165, 1.54) is 0 Å². The summed E-state index contributed by atoms with van der Waals surface area (Å²) in [5, 5.41) is 3.38. The number of fused-ring (bicyclic) bond motifs is 2. The SMILES string of the molecule is CC(C)(C)OC(=O)C1CC2CCC(N)(C1)N2. The highest BCUT2D eigenvalue weighted by Gasteiger charge is 2.45. The van der Waals surface area contributed by atoms with Crippen LogP contribution in [0, 0.1) is 5.92 Å². The Kier molecular flexibility index (Phi) is 2.75. The van der Waals surface area contributed by atoms with Gasteiger partial charge in [-0.15, -0.1) is 0 Å². The minimum Gasteiger partial charge on any atom is -0.460 e. The Balaban J connectivity index is 1.99. The molecule has 0 saturated carbocycles. The molecule has 4 nitrogen and oxygen atoms in total. The molecule has 0 amide bonds. The normalized spacial score (nSPS) is 38.5. The molecule has 2 rings (SSSR count). The summed E-state index contributed by atoms with van der Waals surface area (Å²) in [4.78, 5) is 12.0. The molecule has 0 aromatic rings. The molecule has 0 radical (unpaired) electrons. The first kappa shape index (κ1) is 11.9. The zero-order chi connectivity index (χ0) is 12.0. The van der Waals surface area contributed by atoms with Gasteiger partial charge < -0.3 is 10.5 Å². The van der Waals surface area contributed by atoms with E-state index in [4.69, 9.17) is 10.5 Å². The van der Waals surface area contributed by atoms with E-state index in [2.05, 4.69) is 5.32 Å². The molecule has 2 heterocycles. The van der Waals surface area contributed by atoms with Gasteiger partial charge in [-0.25, -0.2) is 0 Å². The van der Waals surface area contributed by atoms with E-state index in [1.54, 1.807) is 0 Å². The quantitative estimate of drug-likeness (QED) is 0.658. The van der Waals surface area contributed by atoms with Gasteiger partial charge >= 0.3 is 5.97 Å². The summed E-state index contributed by atoms with van der Waals surface area (Å²) < 4.78 is 5.42. The molecule has 92 valence electrons. The van der Waals surface area contributed by atoms with Crippen LogP contribution < -0.4 is 11.1 Å². The van der Waals surface area contributed by atoms with E-state index in [1.807, 2.05) is 20.8 Å². The molecule has 0 aliphatic carbocycles. The van der Waals surface area contributed by atoms with Crippen molar-refractivity contribution in [3.63, 3.8) is 0 Å². The Bertz CT molecular complexity index is 298.